The largest absolute Gasteiger partial charge is 0.330 e. The van der Waals surface area contributed by atoms with E-state index < -0.39 is 0 Å². The number of nitrogens with two attached hydrogens (primary N) is 1. The fourth-order valence-corrected chi connectivity index (χ4v) is 1.32. The van der Waals surface area contributed by atoms with Crippen LogP contribution >= 0.6 is 11.8 Å². The van der Waals surface area contributed by atoms with Crippen LogP contribution in [0.15, 0.2) is 12.7 Å². The number of hydrogen-bond donors (Lipinski definition) is 1. The van der Waals surface area contributed by atoms with Crippen molar-refractivity contribution in [3.63, 3.8) is 0 Å². The summed E-state index contributed by atoms with van der Waals surface area (Å²) in [6.07, 6.45) is 3.04. The summed E-state index contributed by atoms with van der Waals surface area (Å²) in [5.41, 5.74) is 5.36. The van der Waals surface area contributed by atoms with Crippen molar-refractivity contribution in [3.8, 4) is 0 Å². The minimum Gasteiger partial charge on any atom is -0.330 e. The quantitative estimate of drug-likeness (QED) is 0.595. The Kier molecular flexibility index (Phi) is 6.21. The summed E-state index contributed by atoms with van der Waals surface area (Å²) in [6, 6.07) is 0. The highest BCUT2D eigenvalue weighted by Crippen LogP contribution is 2.12. The molecule has 54 valence electrons. The lowest BCUT2D eigenvalue weighted by Crippen LogP contribution is -2.06. The normalized spacial score (nSPS) is 13.1. The van der Waals surface area contributed by atoms with Crippen molar-refractivity contribution in [1.82, 2.24) is 0 Å². The second-order valence-electron chi connectivity index (χ2n) is 2.01. The van der Waals surface area contributed by atoms with E-state index in [1.165, 1.54) is 0 Å². The summed E-state index contributed by atoms with van der Waals surface area (Å²) in [4.78, 5) is 0. The van der Waals surface area contributed by atoms with Crippen LogP contribution < -0.4 is 5.73 Å². The molecule has 1 nitrogen and oxygen atoms in total. The van der Waals surface area contributed by atoms with Gasteiger partial charge in [-0.2, -0.15) is 11.8 Å². The summed E-state index contributed by atoms with van der Waals surface area (Å²) in [5, 5.41) is 0.688. The molecule has 0 spiro atoms. The zero-order valence-electron chi connectivity index (χ0n) is 5.97. The number of rotatable bonds is 5. The van der Waals surface area contributed by atoms with Gasteiger partial charge >= 0.3 is 0 Å². The van der Waals surface area contributed by atoms with Crippen LogP contribution in [-0.4, -0.2) is 17.5 Å². The Balaban J connectivity index is 3.04. The van der Waals surface area contributed by atoms with Gasteiger partial charge in [-0.15, -0.1) is 6.58 Å². The maximum absolute atomic E-state index is 5.36. The first-order valence-electron chi connectivity index (χ1n) is 3.23. The van der Waals surface area contributed by atoms with Crippen molar-refractivity contribution >= 4 is 11.8 Å². The lowest BCUT2D eigenvalue weighted by molar-refractivity contribution is 0.824. The third kappa shape index (κ3) is 5.93. The topological polar surface area (TPSA) is 26.0 Å². The Morgan fingerprint density at radius 2 is 2.44 bits per heavy atom. The standard InChI is InChI=1S/C7H15NS/c1-3-6-9-7(2)4-5-8/h3,7H,1,4-6,8H2,2H3. The maximum Gasteiger partial charge on any atom is 0.0113 e. The zero-order valence-corrected chi connectivity index (χ0v) is 6.79. The SMILES string of the molecule is C=CCSC(C)CCN. The molecule has 9 heavy (non-hydrogen) atoms. The van der Waals surface area contributed by atoms with Gasteiger partial charge in [-0.3, -0.25) is 0 Å². The molecule has 0 heterocycles. The maximum atomic E-state index is 5.36. The van der Waals surface area contributed by atoms with E-state index >= 15 is 0 Å². The van der Waals surface area contributed by atoms with Crippen molar-refractivity contribution < 1.29 is 0 Å². The molecule has 0 aromatic carbocycles. The van der Waals surface area contributed by atoms with E-state index in [0.29, 0.717) is 5.25 Å². The van der Waals surface area contributed by atoms with Gasteiger partial charge in [-0.1, -0.05) is 13.0 Å². The van der Waals surface area contributed by atoms with Gasteiger partial charge in [-0.25, -0.2) is 0 Å². The van der Waals surface area contributed by atoms with Gasteiger partial charge in [0.15, 0.2) is 0 Å². The minimum atomic E-state index is 0.688. The van der Waals surface area contributed by atoms with E-state index in [-0.39, 0.29) is 0 Å². The lowest BCUT2D eigenvalue weighted by atomic mass is 10.3. The highest BCUT2D eigenvalue weighted by molar-refractivity contribution is 8.00. The lowest BCUT2D eigenvalue weighted by Gasteiger charge is -2.05. The molecule has 0 aromatic rings. The summed E-state index contributed by atoms with van der Waals surface area (Å²) < 4.78 is 0. The molecular weight excluding hydrogens is 130 g/mol. The molecule has 0 aromatic heterocycles. The van der Waals surface area contributed by atoms with Gasteiger partial charge in [0.25, 0.3) is 0 Å². The molecule has 1 unspecified atom stereocenters. The van der Waals surface area contributed by atoms with Crippen LogP contribution in [0.4, 0.5) is 0 Å². The van der Waals surface area contributed by atoms with Crippen molar-refractivity contribution in [2.24, 2.45) is 5.73 Å². The van der Waals surface area contributed by atoms with Crippen LogP contribution in [0.2, 0.25) is 0 Å². The smallest absolute Gasteiger partial charge is 0.0113 e. The fraction of sp³-hybridized carbons (Fsp3) is 0.714. The molecule has 0 aliphatic rings. The van der Waals surface area contributed by atoms with Crippen LogP contribution in [0.25, 0.3) is 0 Å². The van der Waals surface area contributed by atoms with Crippen LogP contribution in [0, 0.1) is 0 Å². The molecule has 0 saturated carbocycles. The summed E-state index contributed by atoms with van der Waals surface area (Å²) >= 11 is 1.90. The molecule has 2 N–H and O–H groups in total. The van der Waals surface area contributed by atoms with Crippen LogP contribution in [0.3, 0.4) is 0 Å². The number of thioether (sulfide) groups is 1. The Morgan fingerprint density at radius 1 is 1.78 bits per heavy atom. The average Bonchev–Trinajstić information content (AvgIpc) is 1.85. The van der Waals surface area contributed by atoms with Gasteiger partial charge in [0, 0.05) is 11.0 Å². The molecule has 0 radical (unpaired) electrons. The van der Waals surface area contributed by atoms with E-state index in [4.69, 9.17) is 5.73 Å². The Morgan fingerprint density at radius 3 is 2.89 bits per heavy atom. The van der Waals surface area contributed by atoms with E-state index in [2.05, 4.69) is 13.5 Å². The zero-order chi connectivity index (χ0) is 7.11. The Labute approximate surface area is 61.7 Å². The van der Waals surface area contributed by atoms with E-state index in [1.54, 1.807) is 0 Å². The first-order valence-corrected chi connectivity index (χ1v) is 4.28. The minimum absolute atomic E-state index is 0.688. The van der Waals surface area contributed by atoms with Crippen LogP contribution in [0.5, 0.6) is 0 Å². The molecule has 0 bridgehead atoms. The second-order valence-corrected chi connectivity index (χ2v) is 3.48. The van der Waals surface area contributed by atoms with Crippen LogP contribution in [0.1, 0.15) is 13.3 Å². The molecule has 0 aliphatic heterocycles. The van der Waals surface area contributed by atoms with E-state index in [1.807, 2.05) is 17.8 Å². The predicted octanol–water partition coefficient (Wildman–Crippen LogP) is 1.64. The first-order chi connectivity index (χ1) is 4.31. The van der Waals surface area contributed by atoms with Crippen molar-refractivity contribution in [2.75, 3.05) is 12.3 Å². The highest BCUT2D eigenvalue weighted by Gasteiger charge is 1.97. The monoisotopic (exact) mass is 145 g/mol. The molecule has 2 heteroatoms. The van der Waals surface area contributed by atoms with E-state index in [9.17, 15) is 0 Å². The molecule has 0 rings (SSSR count). The second kappa shape index (κ2) is 6.17. The average molecular weight is 145 g/mol. The van der Waals surface area contributed by atoms with Gasteiger partial charge in [-0.05, 0) is 13.0 Å². The van der Waals surface area contributed by atoms with Gasteiger partial charge < -0.3 is 5.73 Å². The summed E-state index contributed by atoms with van der Waals surface area (Å²) in [6.45, 7) is 6.63. The van der Waals surface area contributed by atoms with Gasteiger partial charge in [0.1, 0.15) is 0 Å². The summed E-state index contributed by atoms with van der Waals surface area (Å²) in [7, 11) is 0. The van der Waals surface area contributed by atoms with E-state index in [0.717, 1.165) is 18.7 Å². The highest BCUT2D eigenvalue weighted by atomic mass is 32.2. The van der Waals surface area contributed by atoms with Crippen molar-refractivity contribution in [2.45, 2.75) is 18.6 Å². The predicted molar refractivity (Wildman–Crippen MR) is 45.8 cm³/mol. The van der Waals surface area contributed by atoms with Gasteiger partial charge in [0.2, 0.25) is 0 Å². The van der Waals surface area contributed by atoms with Crippen molar-refractivity contribution in [1.29, 1.82) is 0 Å². The van der Waals surface area contributed by atoms with Crippen LogP contribution in [-0.2, 0) is 0 Å². The van der Waals surface area contributed by atoms with Gasteiger partial charge in [0.05, 0.1) is 0 Å². The van der Waals surface area contributed by atoms with Crippen molar-refractivity contribution in [3.05, 3.63) is 12.7 Å². The number of hydrogen-bond acceptors (Lipinski definition) is 2. The Bertz CT molecular complexity index is 73.3. The molecule has 0 fully saturated rings. The molecular formula is C7H15NS. The molecule has 0 saturated heterocycles. The molecule has 0 amide bonds. The molecule has 0 aliphatic carbocycles. The third-order valence-corrected chi connectivity index (χ3v) is 2.30. The fourth-order valence-electron chi connectivity index (χ4n) is 0.550. The Hall–Kier alpha value is 0.0500. The first kappa shape index (κ1) is 9.05. The third-order valence-electron chi connectivity index (χ3n) is 1.07. The molecule has 1 atom stereocenters. The summed E-state index contributed by atoms with van der Waals surface area (Å²) in [5.74, 6) is 1.04.